The summed E-state index contributed by atoms with van der Waals surface area (Å²) in [4.78, 5) is 34.0. The van der Waals surface area contributed by atoms with Gasteiger partial charge in [0, 0.05) is 13.0 Å². The van der Waals surface area contributed by atoms with E-state index in [0.29, 0.717) is 24.0 Å². The Morgan fingerprint density at radius 1 is 1.29 bits per heavy atom. The highest BCUT2D eigenvalue weighted by atomic mass is 16.5. The fourth-order valence-electron chi connectivity index (χ4n) is 5.66. The van der Waals surface area contributed by atoms with Crippen LogP contribution in [0.5, 0.6) is 0 Å². The van der Waals surface area contributed by atoms with E-state index in [1.165, 1.54) is 6.92 Å². The minimum atomic E-state index is -1.09. The Morgan fingerprint density at radius 3 is 2.54 bits per heavy atom. The lowest BCUT2D eigenvalue weighted by molar-refractivity contribution is -0.140. The molecule has 0 heterocycles. The molecule has 0 spiro atoms. The molecule has 1 fully saturated rings. The molecular weight excluding hydrogens is 360 g/mol. The number of rotatable bonds is 7. The number of ether oxygens (including phenoxy) is 1. The van der Waals surface area contributed by atoms with E-state index < -0.39 is 18.0 Å². The Balaban J connectivity index is 2.30. The van der Waals surface area contributed by atoms with Crippen LogP contribution in [0, 0.1) is 22.7 Å². The topological polar surface area (TPSA) is 101 Å². The van der Waals surface area contributed by atoms with E-state index in [1.807, 2.05) is 0 Å². The summed E-state index contributed by atoms with van der Waals surface area (Å²) in [7, 11) is 0. The number of allylic oxidation sites excluding steroid dienone is 1. The second-order valence-corrected chi connectivity index (χ2v) is 9.11. The zero-order valence-corrected chi connectivity index (χ0v) is 17.2. The van der Waals surface area contributed by atoms with Gasteiger partial charge in [0.15, 0.2) is 0 Å². The number of carbonyl (C=O) groups is 3. The fraction of sp³-hybridized carbons (Fsp3) is 0.682. The van der Waals surface area contributed by atoms with Gasteiger partial charge in [0.2, 0.25) is 0 Å². The maximum Gasteiger partial charge on any atom is 0.328 e. The van der Waals surface area contributed by atoms with Gasteiger partial charge >= 0.3 is 11.9 Å². The lowest BCUT2D eigenvalue weighted by atomic mass is 9.47. The second kappa shape index (κ2) is 8.60. The molecule has 0 aromatic rings. The largest absolute Gasteiger partial charge is 0.478 e. The van der Waals surface area contributed by atoms with Gasteiger partial charge in [-0.3, -0.25) is 9.59 Å². The summed E-state index contributed by atoms with van der Waals surface area (Å²) in [6.45, 7) is 7.71. The minimum Gasteiger partial charge on any atom is -0.478 e. The SMILES string of the molecule is CC(=O)OCC(=CC(=O)O)CCC1C(C=O)=CC(O)C2C(C)(C)CCCC12C. The molecule has 0 saturated heterocycles. The Labute approximate surface area is 166 Å². The predicted octanol–water partition coefficient (Wildman–Crippen LogP) is 3.29. The number of carboxylic acid groups (broad SMARTS) is 1. The molecule has 4 unspecified atom stereocenters. The van der Waals surface area contributed by atoms with Crippen LogP contribution in [0.1, 0.15) is 59.8 Å². The van der Waals surface area contributed by atoms with Crippen LogP contribution >= 0.6 is 0 Å². The van der Waals surface area contributed by atoms with Crippen LogP contribution in [-0.4, -0.2) is 41.1 Å². The zero-order valence-electron chi connectivity index (χ0n) is 17.2. The van der Waals surface area contributed by atoms with Gasteiger partial charge in [0.25, 0.3) is 0 Å². The average molecular weight is 392 g/mol. The van der Waals surface area contributed by atoms with Crippen LogP contribution in [0.25, 0.3) is 0 Å². The van der Waals surface area contributed by atoms with Crippen molar-refractivity contribution < 1.29 is 29.3 Å². The highest BCUT2D eigenvalue weighted by molar-refractivity contribution is 5.81. The first-order valence-electron chi connectivity index (χ1n) is 9.92. The maximum atomic E-state index is 11.8. The minimum absolute atomic E-state index is 0.0304. The van der Waals surface area contributed by atoms with Crippen molar-refractivity contribution in [2.24, 2.45) is 22.7 Å². The van der Waals surface area contributed by atoms with Gasteiger partial charge in [0.1, 0.15) is 12.9 Å². The Kier molecular flexibility index (Phi) is 6.86. The molecule has 4 atom stereocenters. The third kappa shape index (κ3) is 4.72. The normalized spacial score (nSPS) is 32.1. The molecule has 28 heavy (non-hydrogen) atoms. The highest BCUT2D eigenvalue weighted by Crippen LogP contribution is 2.60. The molecule has 0 bridgehead atoms. The number of aliphatic carboxylic acids is 1. The summed E-state index contributed by atoms with van der Waals surface area (Å²) < 4.78 is 4.99. The van der Waals surface area contributed by atoms with Crippen LogP contribution in [0.3, 0.4) is 0 Å². The van der Waals surface area contributed by atoms with Gasteiger partial charge < -0.3 is 14.9 Å². The summed E-state index contributed by atoms with van der Waals surface area (Å²) >= 11 is 0. The molecule has 2 N–H and O–H groups in total. The van der Waals surface area contributed by atoms with E-state index in [1.54, 1.807) is 6.08 Å². The quantitative estimate of drug-likeness (QED) is 0.392. The van der Waals surface area contributed by atoms with Crippen LogP contribution in [0.4, 0.5) is 0 Å². The van der Waals surface area contributed by atoms with E-state index in [-0.39, 0.29) is 29.3 Å². The van der Waals surface area contributed by atoms with Crippen LogP contribution in [0.15, 0.2) is 23.3 Å². The van der Waals surface area contributed by atoms with Gasteiger partial charge in [0.05, 0.1) is 6.10 Å². The first kappa shape index (κ1) is 22.3. The van der Waals surface area contributed by atoms with Crippen molar-refractivity contribution >= 4 is 18.2 Å². The summed E-state index contributed by atoms with van der Waals surface area (Å²) in [6.07, 6.45) is 6.87. The van der Waals surface area contributed by atoms with Crippen LogP contribution < -0.4 is 0 Å². The molecule has 2 aliphatic carbocycles. The number of hydrogen-bond donors (Lipinski definition) is 2. The lowest BCUT2D eigenvalue weighted by Gasteiger charge is -2.58. The van der Waals surface area contributed by atoms with E-state index >= 15 is 0 Å². The van der Waals surface area contributed by atoms with Gasteiger partial charge in [-0.05, 0) is 65.6 Å². The number of aliphatic hydroxyl groups is 1. The molecule has 6 heteroatoms. The van der Waals surface area contributed by atoms with E-state index in [0.717, 1.165) is 31.6 Å². The Bertz CT molecular complexity index is 689. The molecule has 156 valence electrons. The molecule has 0 aromatic carbocycles. The lowest BCUT2D eigenvalue weighted by Crippen LogP contribution is -2.54. The van der Waals surface area contributed by atoms with Crippen molar-refractivity contribution in [3.05, 3.63) is 23.3 Å². The van der Waals surface area contributed by atoms with Crippen molar-refractivity contribution in [3.63, 3.8) is 0 Å². The Morgan fingerprint density at radius 2 is 1.96 bits per heavy atom. The van der Waals surface area contributed by atoms with E-state index in [4.69, 9.17) is 9.84 Å². The second-order valence-electron chi connectivity index (χ2n) is 9.11. The van der Waals surface area contributed by atoms with Crippen LogP contribution in [0.2, 0.25) is 0 Å². The molecular formula is C22H32O6. The molecule has 1 saturated carbocycles. The number of carboxylic acids is 1. The molecule has 0 aromatic heterocycles. The molecule has 0 aliphatic heterocycles. The van der Waals surface area contributed by atoms with Crippen LogP contribution in [-0.2, 0) is 19.1 Å². The fourth-order valence-corrected chi connectivity index (χ4v) is 5.66. The number of aliphatic hydroxyl groups excluding tert-OH is 1. The molecule has 0 radical (unpaired) electrons. The third-order valence-corrected chi connectivity index (χ3v) is 6.67. The molecule has 2 rings (SSSR count). The predicted molar refractivity (Wildman–Crippen MR) is 104 cm³/mol. The molecule has 0 amide bonds. The van der Waals surface area contributed by atoms with Gasteiger partial charge in [-0.25, -0.2) is 4.79 Å². The van der Waals surface area contributed by atoms with Gasteiger partial charge in [-0.1, -0.05) is 27.2 Å². The standard InChI is InChI=1S/C22H32O6/c1-14(24)28-13-15(10-19(26)27)6-7-17-16(12-23)11-18(25)20-21(2,3)8-5-9-22(17,20)4/h10-12,17-18,20,25H,5-9,13H2,1-4H3,(H,26,27). The Hall–Kier alpha value is -1.95. The van der Waals surface area contributed by atoms with Crippen molar-refractivity contribution in [2.75, 3.05) is 6.61 Å². The highest BCUT2D eigenvalue weighted by Gasteiger charge is 2.55. The first-order chi connectivity index (χ1) is 13.0. The third-order valence-electron chi connectivity index (χ3n) is 6.67. The number of fused-ring (bicyclic) bond motifs is 1. The van der Waals surface area contributed by atoms with Crippen molar-refractivity contribution in [1.82, 2.24) is 0 Å². The average Bonchev–Trinajstić information content (AvgIpc) is 2.56. The number of hydrogen-bond acceptors (Lipinski definition) is 5. The van der Waals surface area contributed by atoms with Gasteiger partial charge in [-0.15, -0.1) is 0 Å². The summed E-state index contributed by atoms with van der Waals surface area (Å²) in [5, 5.41) is 19.9. The van der Waals surface area contributed by atoms with Crippen molar-refractivity contribution in [1.29, 1.82) is 0 Å². The number of aldehydes is 1. The summed E-state index contributed by atoms with van der Waals surface area (Å²) in [6, 6.07) is 0. The van der Waals surface area contributed by atoms with E-state index in [2.05, 4.69) is 20.8 Å². The van der Waals surface area contributed by atoms with Gasteiger partial charge in [-0.2, -0.15) is 0 Å². The molecule has 2 aliphatic rings. The zero-order chi connectivity index (χ0) is 21.1. The number of carbonyl (C=O) groups excluding carboxylic acids is 2. The van der Waals surface area contributed by atoms with Crippen molar-refractivity contribution in [3.8, 4) is 0 Å². The van der Waals surface area contributed by atoms with Crippen molar-refractivity contribution in [2.45, 2.75) is 65.9 Å². The smallest absolute Gasteiger partial charge is 0.328 e. The maximum absolute atomic E-state index is 11.8. The first-order valence-corrected chi connectivity index (χ1v) is 9.92. The summed E-state index contributed by atoms with van der Waals surface area (Å²) in [5.41, 5.74) is 0.801. The summed E-state index contributed by atoms with van der Waals surface area (Å²) in [5.74, 6) is -1.60. The number of esters is 1. The van der Waals surface area contributed by atoms with E-state index in [9.17, 15) is 19.5 Å². The monoisotopic (exact) mass is 392 g/mol. The molecule has 6 nitrogen and oxygen atoms in total.